The van der Waals surface area contributed by atoms with Crippen molar-refractivity contribution in [2.24, 2.45) is 5.92 Å². The summed E-state index contributed by atoms with van der Waals surface area (Å²) < 4.78 is 5.44. The van der Waals surface area contributed by atoms with E-state index in [1.165, 1.54) is 4.90 Å². The minimum absolute atomic E-state index is 0.00300. The second-order valence-electron chi connectivity index (χ2n) is 4.45. The molecule has 0 radical (unpaired) electrons. The van der Waals surface area contributed by atoms with E-state index in [-0.39, 0.29) is 23.2 Å². The first kappa shape index (κ1) is 12.5. The number of carbonyl (C=O) groups excluding carboxylic acids is 1. The summed E-state index contributed by atoms with van der Waals surface area (Å²) in [7, 11) is 0. The minimum Gasteiger partial charge on any atom is -0.461 e. The van der Waals surface area contributed by atoms with Crippen LogP contribution in [0, 0.1) is 5.92 Å². The molecule has 3 atom stereocenters. The van der Waals surface area contributed by atoms with Crippen LogP contribution >= 0.6 is 11.8 Å². The molecule has 0 bridgehead atoms. The average molecular weight is 250 g/mol. The highest BCUT2D eigenvalue weighted by molar-refractivity contribution is 8.00. The zero-order valence-electron chi connectivity index (χ0n) is 10.3. The molecule has 0 aromatic heterocycles. The Bertz CT molecular complexity index is 377. The lowest BCUT2D eigenvalue weighted by Gasteiger charge is -2.18. The number of esters is 1. The second-order valence-corrected chi connectivity index (χ2v) is 5.70. The normalized spacial score (nSPS) is 28.1. The number of hydrogen-bond acceptors (Lipinski definition) is 3. The predicted octanol–water partition coefficient (Wildman–Crippen LogP) is 3.51. The molecule has 1 saturated heterocycles. The number of benzene rings is 1. The molecule has 2 rings (SSSR count). The molecule has 1 fully saturated rings. The fourth-order valence-electron chi connectivity index (χ4n) is 2.12. The van der Waals surface area contributed by atoms with Gasteiger partial charge in [0, 0.05) is 4.90 Å². The molecule has 92 valence electrons. The lowest BCUT2D eigenvalue weighted by Crippen LogP contribution is -2.21. The molecule has 0 amide bonds. The van der Waals surface area contributed by atoms with Gasteiger partial charge in [-0.1, -0.05) is 38.5 Å². The van der Waals surface area contributed by atoms with Gasteiger partial charge in [0.2, 0.25) is 0 Å². The lowest BCUT2D eigenvalue weighted by molar-refractivity contribution is -0.144. The Morgan fingerprint density at radius 1 is 1.29 bits per heavy atom. The summed E-state index contributed by atoms with van der Waals surface area (Å²) in [6.07, 6.45) is 2.09. The monoisotopic (exact) mass is 250 g/mol. The highest BCUT2D eigenvalue weighted by atomic mass is 32.2. The maximum atomic E-state index is 11.6. The fraction of sp³-hybridized carbons (Fsp3) is 0.500. The Morgan fingerprint density at radius 3 is 2.65 bits per heavy atom. The van der Waals surface area contributed by atoms with Gasteiger partial charge in [0.05, 0.1) is 11.2 Å². The minimum atomic E-state index is -0.0446. The molecule has 2 nitrogen and oxygen atoms in total. The highest BCUT2D eigenvalue weighted by Crippen LogP contribution is 2.38. The number of carbonyl (C=O) groups is 1. The van der Waals surface area contributed by atoms with Crippen LogP contribution in [0.25, 0.3) is 0 Å². The van der Waals surface area contributed by atoms with Gasteiger partial charge in [-0.25, -0.2) is 0 Å². The maximum absolute atomic E-state index is 11.6. The van der Waals surface area contributed by atoms with Gasteiger partial charge >= 0.3 is 5.97 Å². The smallest absolute Gasteiger partial charge is 0.310 e. The average Bonchev–Trinajstić information content (AvgIpc) is 2.59. The summed E-state index contributed by atoms with van der Waals surface area (Å²) in [6, 6.07) is 10.2. The van der Waals surface area contributed by atoms with Gasteiger partial charge in [-0.05, 0) is 18.6 Å². The summed E-state index contributed by atoms with van der Waals surface area (Å²) >= 11 is 1.77. The zero-order valence-corrected chi connectivity index (χ0v) is 11.1. The molecule has 3 heteroatoms. The van der Waals surface area contributed by atoms with Crippen LogP contribution in [0.3, 0.4) is 0 Å². The maximum Gasteiger partial charge on any atom is 0.310 e. The number of cyclic esters (lactones) is 1. The van der Waals surface area contributed by atoms with Crippen LogP contribution in [-0.2, 0) is 9.53 Å². The summed E-state index contributed by atoms with van der Waals surface area (Å²) in [5, 5.41) is 0.254. The van der Waals surface area contributed by atoms with Gasteiger partial charge in [0.1, 0.15) is 6.10 Å². The molecule has 1 aromatic carbocycles. The summed E-state index contributed by atoms with van der Waals surface area (Å²) in [4.78, 5) is 12.8. The molecule has 1 aromatic rings. The van der Waals surface area contributed by atoms with Gasteiger partial charge in [-0.2, -0.15) is 0 Å². The van der Waals surface area contributed by atoms with Crippen molar-refractivity contribution in [3.63, 3.8) is 0 Å². The van der Waals surface area contributed by atoms with Crippen LogP contribution in [0.2, 0.25) is 0 Å². The van der Waals surface area contributed by atoms with Crippen LogP contribution in [-0.4, -0.2) is 17.3 Å². The third-order valence-corrected chi connectivity index (χ3v) is 4.62. The van der Waals surface area contributed by atoms with Crippen molar-refractivity contribution in [2.75, 3.05) is 0 Å². The first-order valence-electron chi connectivity index (χ1n) is 6.14. The highest BCUT2D eigenvalue weighted by Gasteiger charge is 2.41. The molecule has 1 aliphatic heterocycles. The summed E-state index contributed by atoms with van der Waals surface area (Å²) in [6.45, 7) is 4.10. The third-order valence-electron chi connectivity index (χ3n) is 3.09. The van der Waals surface area contributed by atoms with Gasteiger partial charge in [0.15, 0.2) is 0 Å². The van der Waals surface area contributed by atoms with Gasteiger partial charge < -0.3 is 4.74 Å². The molecular weight excluding hydrogens is 232 g/mol. The van der Waals surface area contributed by atoms with Crippen molar-refractivity contribution in [2.45, 2.75) is 42.9 Å². The summed E-state index contributed by atoms with van der Waals surface area (Å²) in [5.41, 5.74) is 0. The SMILES string of the molecule is CCC[C@@H]1OC(=O)[C@H](C)[C@H]1Sc1ccccc1. The predicted molar refractivity (Wildman–Crippen MR) is 70.0 cm³/mol. The molecule has 0 N–H and O–H groups in total. The molecule has 17 heavy (non-hydrogen) atoms. The molecule has 0 unspecified atom stereocenters. The first-order chi connectivity index (χ1) is 8.22. The molecule has 0 saturated carbocycles. The lowest BCUT2D eigenvalue weighted by atomic mass is 10.0. The number of ether oxygens (including phenoxy) is 1. The largest absolute Gasteiger partial charge is 0.461 e. The Morgan fingerprint density at radius 2 is 2.00 bits per heavy atom. The van der Waals surface area contributed by atoms with Crippen molar-refractivity contribution in [1.82, 2.24) is 0 Å². The van der Waals surface area contributed by atoms with Crippen LogP contribution in [0.15, 0.2) is 35.2 Å². The summed E-state index contributed by atoms with van der Waals surface area (Å²) in [5.74, 6) is -0.0476. The Hall–Kier alpha value is -0.960. The van der Waals surface area contributed by atoms with Gasteiger partial charge in [-0.3, -0.25) is 4.79 Å². The van der Waals surface area contributed by atoms with Gasteiger partial charge in [0.25, 0.3) is 0 Å². The van der Waals surface area contributed by atoms with Crippen LogP contribution < -0.4 is 0 Å². The second kappa shape index (κ2) is 5.58. The first-order valence-corrected chi connectivity index (χ1v) is 7.02. The van der Waals surface area contributed by atoms with E-state index in [0.29, 0.717) is 0 Å². The standard InChI is InChI=1S/C14H18O2S/c1-3-7-12-13(10(2)14(15)16-12)17-11-8-5-4-6-9-11/h4-6,8-10,12-13H,3,7H2,1-2H3/t10-,12+,13-/m1/s1. The van der Waals surface area contributed by atoms with Crippen LogP contribution in [0.1, 0.15) is 26.7 Å². The van der Waals surface area contributed by atoms with E-state index in [4.69, 9.17) is 4.74 Å². The van der Waals surface area contributed by atoms with Crippen molar-refractivity contribution < 1.29 is 9.53 Å². The van der Waals surface area contributed by atoms with E-state index in [9.17, 15) is 4.79 Å². The molecule has 0 aliphatic carbocycles. The Balaban J connectivity index is 2.09. The molecule has 1 aliphatic rings. The van der Waals surface area contributed by atoms with E-state index in [1.54, 1.807) is 11.8 Å². The van der Waals surface area contributed by atoms with E-state index in [2.05, 4.69) is 19.1 Å². The Kier molecular flexibility index (Phi) is 4.11. The van der Waals surface area contributed by atoms with E-state index < -0.39 is 0 Å². The van der Waals surface area contributed by atoms with E-state index >= 15 is 0 Å². The fourth-order valence-corrected chi connectivity index (χ4v) is 3.41. The van der Waals surface area contributed by atoms with E-state index in [0.717, 1.165) is 12.8 Å². The number of rotatable bonds is 4. The molecule has 0 spiro atoms. The van der Waals surface area contributed by atoms with Crippen molar-refractivity contribution >= 4 is 17.7 Å². The molecular formula is C14H18O2S. The van der Waals surface area contributed by atoms with Crippen LogP contribution in [0.5, 0.6) is 0 Å². The quantitative estimate of drug-likeness (QED) is 0.765. The van der Waals surface area contributed by atoms with Crippen molar-refractivity contribution in [3.8, 4) is 0 Å². The number of thioether (sulfide) groups is 1. The van der Waals surface area contributed by atoms with E-state index in [1.807, 2.05) is 25.1 Å². The van der Waals surface area contributed by atoms with Crippen LogP contribution in [0.4, 0.5) is 0 Å². The van der Waals surface area contributed by atoms with Crippen molar-refractivity contribution in [3.05, 3.63) is 30.3 Å². The third kappa shape index (κ3) is 2.83. The topological polar surface area (TPSA) is 26.3 Å². The zero-order chi connectivity index (χ0) is 12.3. The number of hydrogen-bond donors (Lipinski definition) is 0. The van der Waals surface area contributed by atoms with Crippen molar-refractivity contribution in [1.29, 1.82) is 0 Å². The molecule has 1 heterocycles. The Labute approximate surface area is 107 Å². The van der Waals surface area contributed by atoms with Gasteiger partial charge in [-0.15, -0.1) is 11.8 Å².